The molecule has 6 aliphatic rings. The van der Waals surface area contributed by atoms with Crippen molar-refractivity contribution in [2.24, 2.45) is 102 Å². The van der Waals surface area contributed by atoms with E-state index in [0.29, 0.717) is 81.1 Å². The van der Waals surface area contributed by atoms with Crippen molar-refractivity contribution in [3.8, 4) is 0 Å². The van der Waals surface area contributed by atoms with Gasteiger partial charge in [0, 0.05) is 11.3 Å². The number of hydrogen-bond acceptors (Lipinski definition) is 4. The molecule has 12 atom stereocenters. The molecule has 6 aliphatic carbocycles. The maximum Gasteiger partial charge on any atom is 0.174 e. The van der Waals surface area contributed by atoms with Crippen molar-refractivity contribution in [2.75, 3.05) is 0 Å². The van der Waals surface area contributed by atoms with Crippen LogP contribution in [-0.4, -0.2) is 35.7 Å². The topological polar surface area (TPSA) is 36.9 Å². The summed E-state index contributed by atoms with van der Waals surface area (Å²) in [5.41, 5.74) is 3.27. The predicted molar refractivity (Wildman–Crippen MR) is 324 cm³/mol. The van der Waals surface area contributed by atoms with E-state index in [1.807, 2.05) is 0 Å². The smallest absolute Gasteiger partial charge is 0.174 e. The summed E-state index contributed by atoms with van der Waals surface area (Å²) in [6.45, 7) is 59.6. The Labute approximate surface area is 465 Å². The Morgan fingerprint density at radius 2 is 0.419 bits per heavy atom. The van der Waals surface area contributed by atoms with Gasteiger partial charge in [-0.25, -0.2) is 0 Å². The standard InChI is InChI=1S/C68H128O4P2/c1-61(2,3)47-29-37-57(53(41-47)65(13,14)15)69-73(70-58-38-30-48(62(4,5)6)42-54(58)66(16,17)18)51-33-25-45(26-34-51)46-27-35-52(36-28-46)74(71-59-39-31-49(63(7,8)9)43-55(59)67(19,20)21)72-60-40-32-50(64(10,11)12)44-56(60)68(22,23)24/h45-60H,25-44H2,1-24H3. The molecular weight excluding hydrogens is 943 g/mol. The summed E-state index contributed by atoms with van der Waals surface area (Å²) in [5.74, 6) is 6.88. The fraction of sp³-hybridized carbons (Fsp3) is 1.00. The molecule has 4 nitrogen and oxygen atoms in total. The van der Waals surface area contributed by atoms with Crippen LogP contribution in [0, 0.1) is 102 Å². The van der Waals surface area contributed by atoms with Gasteiger partial charge in [0.05, 0.1) is 24.4 Å². The quantitative estimate of drug-likeness (QED) is 0.193. The van der Waals surface area contributed by atoms with Crippen LogP contribution < -0.4 is 0 Å². The Kier molecular flexibility index (Phi) is 20.9. The van der Waals surface area contributed by atoms with Crippen LogP contribution in [-0.2, 0) is 18.1 Å². The van der Waals surface area contributed by atoms with Crippen LogP contribution in [0.25, 0.3) is 0 Å². The first-order valence-electron chi connectivity index (χ1n) is 32.0. The van der Waals surface area contributed by atoms with E-state index in [4.69, 9.17) is 18.1 Å². The fourth-order valence-corrected chi connectivity index (χ4v) is 20.7. The zero-order chi connectivity index (χ0) is 55.4. The van der Waals surface area contributed by atoms with Gasteiger partial charge in [0.1, 0.15) is 0 Å². The Morgan fingerprint density at radius 1 is 0.230 bits per heavy atom. The molecule has 0 bridgehead atoms. The van der Waals surface area contributed by atoms with Gasteiger partial charge in [-0.15, -0.1) is 0 Å². The van der Waals surface area contributed by atoms with Gasteiger partial charge in [-0.2, -0.15) is 0 Å². The average molecular weight is 1070 g/mol. The van der Waals surface area contributed by atoms with Crippen molar-refractivity contribution in [1.29, 1.82) is 0 Å². The Morgan fingerprint density at radius 3 is 0.581 bits per heavy atom. The average Bonchev–Trinajstić information content (AvgIpc) is 3.26. The second-order valence-electron chi connectivity index (χ2n) is 35.7. The summed E-state index contributed by atoms with van der Waals surface area (Å²) >= 11 is 0. The van der Waals surface area contributed by atoms with Crippen molar-refractivity contribution < 1.29 is 18.1 Å². The van der Waals surface area contributed by atoms with Crippen LogP contribution >= 0.6 is 16.8 Å². The summed E-state index contributed by atoms with van der Waals surface area (Å²) < 4.78 is 31.0. The largest absolute Gasteiger partial charge is 0.330 e. The van der Waals surface area contributed by atoms with Crippen LogP contribution in [0.1, 0.15) is 295 Å². The first-order chi connectivity index (χ1) is 33.7. The molecule has 0 radical (unpaired) electrons. The van der Waals surface area contributed by atoms with Crippen molar-refractivity contribution >= 4 is 16.8 Å². The molecule has 434 valence electrons. The lowest BCUT2D eigenvalue weighted by Crippen LogP contribution is -2.44. The highest BCUT2D eigenvalue weighted by Crippen LogP contribution is 2.63. The lowest BCUT2D eigenvalue weighted by Gasteiger charge is -2.50. The summed E-state index contributed by atoms with van der Waals surface area (Å²) in [5, 5.41) is 0. The molecule has 6 heteroatoms. The van der Waals surface area contributed by atoms with E-state index >= 15 is 0 Å². The molecule has 0 aromatic heterocycles. The minimum absolute atomic E-state index is 0.210. The summed E-state index contributed by atoms with van der Waals surface area (Å²) in [6, 6.07) is 0. The van der Waals surface area contributed by atoms with Crippen molar-refractivity contribution in [3.63, 3.8) is 0 Å². The van der Waals surface area contributed by atoms with E-state index < -0.39 is 16.8 Å². The Balaban J connectivity index is 1.18. The van der Waals surface area contributed by atoms with Gasteiger partial charge in [0.2, 0.25) is 0 Å². The monoisotopic (exact) mass is 1070 g/mol. The van der Waals surface area contributed by atoms with E-state index in [-0.39, 0.29) is 21.7 Å². The Bertz CT molecular complexity index is 1470. The van der Waals surface area contributed by atoms with Crippen LogP contribution in [0.15, 0.2) is 0 Å². The highest BCUT2D eigenvalue weighted by Gasteiger charge is 2.50. The maximum atomic E-state index is 7.75. The van der Waals surface area contributed by atoms with E-state index in [9.17, 15) is 0 Å². The van der Waals surface area contributed by atoms with Crippen molar-refractivity contribution in [3.05, 3.63) is 0 Å². The second-order valence-corrected chi connectivity index (χ2v) is 39.1. The minimum atomic E-state index is -1.00. The van der Waals surface area contributed by atoms with Crippen molar-refractivity contribution in [1.82, 2.24) is 0 Å². The van der Waals surface area contributed by atoms with Gasteiger partial charge in [-0.3, -0.25) is 0 Å². The van der Waals surface area contributed by atoms with Crippen LogP contribution in [0.3, 0.4) is 0 Å². The van der Waals surface area contributed by atoms with E-state index in [0.717, 1.165) is 35.5 Å². The molecule has 0 aliphatic heterocycles. The first-order valence-corrected chi connectivity index (χ1v) is 34.5. The summed E-state index contributed by atoms with van der Waals surface area (Å²) in [7, 11) is -2.00. The first kappa shape index (κ1) is 63.9. The zero-order valence-electron chi connectivity index (χ0n) is 53.9. The SMILES string of the molecule is CC(C)(C)C1CCC(OP(OC2CCC(C(C)(C)C)CC2C(C)(C)C)C2CCC(C3CCC(P(OC4CCC(C(C)(C)C)CC4C(C)(C)C)OC4CCC(C(C)(C)C)CC4C(C)(C)C)CC3)CC2)C(C(C)(C)C)C1. The molecular formula is C68H128O4P2. The van der Waals surface area contributed by atoms with Gasteiger partial charge in [0.25, 0.3) is 0 Å². The molecule has 6 rings (SSSR count). The molecule has 6 saturated carbocycles. The van der Waals surface area contributed by atoms with E-state index in [2.05, 4.69) is 166 Å². The summed E-state index contributed by atoms with van der Waals surface area (Å²) in [6.07, 6.45) is 26.7. The highest BCUT2D eigenvalue weighted by atomic mass is 31.2. The minimum Gasteiger partial charge on any atom is -0.330 e. The lowest BCUT2D eigenvalue weighted by molar-refractivity contribution is -0.0418. The molecule has 12 unspecified atom stereocenters. The molecule has 0 aromatic carbocycles. The van der Waals surface area contributed by atoms with E-state index in [1.165, 1.54) is 128 Å². The van der Waals surface area contributed by atoms with Crippen LogP contribution in [0.2, 0.25) is 0 Å². The van der Waals surface area contributed by atoms with Crippen LogP contribution in [0.5, 0.6) is 0 Å². The summed E-state index contributed by atoms with van der Waals surface area (Å²) in [4.78, 5) is 0. The van der Waals surface area contributed by atoms with E-state index in [1.54, 1.807) is 0 Å². The van der Waals surface area contributed by atoms with Gasteiger partial charge in [-0.1, -0.05) is 166 Å². The zero-order valence-corrected chi connectivity index (χ0v) is 55.7. The maximum absolute atomic E-state index is 7.75. The van der Waals surface area contributed by atoms with Gasteiger partial charge in [-0.05, 0) is 231 Å². The third kappa shape index (κ3) is 16.9. The second kappa shape index (κ2) is 24.3. The van der Waals surface area contributed by atoms with Gasteiger partial charge in [0.15, 0.2) is 16.8 Å². The van der Waals surface area contributed by atoms with Crippen molar-refractivity contribution in [2.45, 2.75) is 330 Å². The molecule has 0 N–H and O–H groups in total. The third-order valence-corrected chi connectivity index (χ3v) is 26.3. The molecule has 6 fully saturated rings. The molecule has 0 heterocycles. The third-order valence-electron chi connectivity index (χ3n) is 22.2. The molecule has 0 saturated heterocycles. The Hall–Kier alpha value is 0.700. The lowest BCUT2D eigenvalue weighted by atomic mass is 9.62. The van der Waals surface area contributed by atoms with Gasteiger partial charge < -0.3 is 18.1 Å². The van der Waals surface area contributed by atoms with Gasteiger partial charge >= 0.3 is 0 Å². The normalized spacial score (nSPS) is 38.1. The molecule has 0 amide bonds. The molecule has 74 heavy (non-hydrogen) atoms. The van der Waals surface area contributed by atoms with Crippen LogP contribution in [0.4, 0.5) is 0 Å². The molecule has 0 aromatic rings. The number of rotatable bonds is 11. The fourth-order valence-electron chi connectivity index (χ4n) is 16.4. The predicted octanol–water partition coefficient (Wildman–Crippen LogP) is 22.3. The highest BCUT2D eigenvalue weighted by molar-refractivity contribution is 7.48. The number of hydrogen-bond donors (Lipinski definition) is 0. The molecule has 0 spiro atoms.